The first-order valence-electron chi connectivity index (χ1n) is 10.9. The quantitative estimate of drug-likeness (QED) is 0.304. The minimum Gasteiger partial charge on any atom is -0.321 e. The van der Waals surface area contributed by atoms with Crippen LogP contribution in [0, 0.1) is 18.3 Å². The molecule has 0 spiro atoms. The van der Waals surface area contributed by atoms with Crippen molar-refractivity contribution in [3.05, 3.63) is 84.2 Å². The molecule has 0 aromatic heterocycles. The minimum atomic E-state index is 0.00764. The van der Waals surface area contributed by atoms with Gasteiger partial charge in [0.1, 0.15) is 12.0 Å². The van der Waals surface area contributed by atoms with Crippen molar-refractivity contribution in [3.63, 3.8) is 0 Å². The number of nitrogens with zero attached hydrogens (tertiary/aromatic N) is 4. The molecule has 0 bridgehead atoms. The molecule has 0 heterocycles. The number of aryl methyl sites for hydroxylation is 1. The van der Waals surface area contributed by atoms with Gasteiger partial charge in [0.15, 0.2) is 5.84 Å². The smallest absolute Gasteiger partial charge is 0.198 e. The van der Waals surface area contributed by atoms with Gasteiger partial charge in [-0.1, -0.05) is 66.8 Å². The molecule has 7 nitrogen and oxygen atoms in total. The first kappa shape index (κ1) is 25.5. The van der Waals surface area contributed by atoms with Crippen LogP contribution < -0.4 is 11.2 Å². The Morgan fingerprint density at radius 1 is 1.21 bits per heavy atom. The van der Waals surface area contributed by atoms with Crippen LogP contribution in [0.4, 0.5) is 0 Å². The molecule has 33 heavy (non-hydrogen) atoms. The normalized spacial score (nSPS) is 19.2. The summed E-state index contributed by atoms with van der Waals surface area (Å²) < 4.78 is 0. The Morgan fingerprint density at radius 3 is 2.55 bits per heavy atom. The van der Waals surface area contributed by atoms with Gasteiger partial charge < -0.3 is 11.1 Å². The van der Waals surface area contributed by atoms with E-state index >= 15 is 0 Å². The molecular weight excluding hydrogens is 410 g/mol. The highest BCUT2D eigenvalue weighted by molar-refractivity contribution is 6.16. The third-order valence-electron chi connectivity index (χ3n) is 5.30. The molecule has 0 amide bonds. The Morgan fingerprint density at radius 2 is 1.97 bits per heavy atom. The molecule has 1 aromatic carbocycles. The molecule has 0 saturated heterocycles. The molecule has 0 aliphatic heterocycles. The molecular formula is C26H33N7. The van der Waals surface area contributed by atoms with E-state index in [-0.39, 0.29) is 11.4 Å². The van der Waals surface area contributed by atoms with E-state index in [9.17, 15) is 0 Å². The SMILES string of the molecule is C=NC=N/C(=N\N/C=C/C1C=CC=CC1)C(=C)N=CC=N.Cc1ccc(C2(N)CCC2)cc1. The summed E-state index contributed by atoms with van der Waals surface area (Å²) in [5.41, 5.74) is 11.9. The summed E-state index contributed by atoms with van der Waals surface area (Å²) in [5.74, 6) is 0.628. The maximum Gasteiger partial charge on any atom is 0.198 e. The van der Waals surface area contributed by atoms with Gasteiger partial charge in [-0.15, -0.1) is 0 Å². The van der Waals surface area contributed by atoms with Crippen molar-refractivity contribution in [1.29, 1.82) is 5.41 Å². The van der Waals surface area contributed by atoms with Crippen molar-refractivity contribution in [2.45, 2.75) is 38.1 Å². The summed E-state index contributed by atoms with van der Waals surface area (Å²) >= 11 is 0. The van der Waals surface area contributed by atoms with Crippen LogP contribution in [0.5, 0.6) is 0 Å². The molecule has 1 aromatic rings. The standard InChI is InChI=1S/C15H18N6.C11H15N/c1-13(18-11-9-16)15(19-12-17-2)21-20-10-8-14-6-4-3-5-7-14;1-9-3-5-10(6-4-9)11(12)7-2-8-11/h3-6,8-12,14,16,20H,1-2,7H2;3-6H,2,7-8,12H2,1H3/b10-8+,16-9?,18-11?,19-12?,21-15-;. The van der Waals surface area contributed by atoms with E-state index in [0.29, 0.717) is 11.6 Å². The Bertz CT molecular complexity index is 974. The monoisotopic (exact) mass is 443 g/mol. The zero-order chi connectivity index (χ0) is 23.9. The van der Waals surface area contributed by atoms with Crippen LogP contribution in [0.2, 0.25) is 0 Å². The number of allylic oxidation sites excluding steroid dienone is 5. The summed E-state index contributed by atoms with van der Waals surface area (Å²) in [6.45, 7) is 9.13. The summed E-state index contributed by atoms with van der Waals surface area (Å²) in [5, 5.41) is 11.0. The maximum absolute atomic E-state index is 6.90. The van der Waals surface area contributed by atoms with E-state index in [2.05, 4.69) is 82.1 Å². The van der Waals surface area contributed by atoms with Crippen LogP contribution >= 0.6 is 0 Å². The third kappa shape index (κ3) is 8.74. The number of rotatable bonds is 8. The zero-order valence-corrected chi connectivity index (χ0v) is 19.2. The lowest BCUT2D eigenvalue weighted by Crippen LogP contribution is -2.43. The number of nitrogens with one attached hydrogen (secondary N) is 2. The first-order valence-corrected chi connectivity index (χ1v) is 10.9. The van der Waals surface area contributed by atoms with E-state index in [1.807, 2.05) is 18.2 Å². The lowest BCUT2D eigenvalue weighted by Gasteiger charge is -2.38. The minimum absolute atomic E-state index is 0.00764. The topological polar surface area (TPSA) is 111 Å². The average Bonchev–Trinajstić information content (AvgIpc) is 2.82. The third-order valence-corrected chi connectivity index (χ3v) is 5.30. The number of benzene rings is 1. The molecule has 172 valence electrons. The molecule has 2 aliphatic carbocycles. The van der Waals surface area contributed by atoms with Gasteiger partial charge in [-0.05, 0) is 44.9 Å². The fourth-order valence-corrected chi connectivity index (χ4v) is 3.19. The van der Waals surface area contributed by atoms with Crippen molar-refractivity contribution in [3.8, 4) is 0 Å². The number of hydrogen-bond acceptors (Lipinski definition) is 5. The average molecular weight is 444 g/mol. The van der Waals surface area contributed by atoms with Crippen molar-refractivity contribution in [2.75, 3.05) is 0 Å². The highest BCUT2D eigenvalue weighted by Crippen LogP contribution is 2.38. The molecule has 2 aliphatic rings. The van der Waals surface area contributed by atoms with Gasteiger partial charge >= 0.3 is 0 Å². The maximum atomic E-state index is 6.90. The summed E-state index contributed by atoms with van der Waals surface area (Å²) in [6, 6.07) is 8.60. The van der Waals surface area contributed by atoms with Crippen molar-refractivity contribution >= 4 is 31.3 Å². The second-order valence-corrected chi connectivity index (χ2v) is 7.83. The number of nitrogens with two attached hydrogens (primary N) is 1. The van der Waals surface area contributed by atoms with Crippen LogP contribution in [-0.2, 0) is 5.54 Å². The van der Waals surface area contributed by atoms with Gasteiger partial charge in [0.2, 0.25) is 0 Å². The lowest BCUT2D eigenvalue weighted by atomic mass is 9.73. The Hall–Kier alpha value is -3.71. The van der Waals surface area contributed by atoms with Crippen molar-refractivity contribution < 1.29 is 0 Å². The van der Waals surface area contributed by atoms with E-state index in [1.165, 1.54) is 30.1 Å². The second-order valence-electron chi connectivity index (χ2n) is 7.83. The van der Waals surface area contributed by atoms with Gasteiger partial charge in [0, 0.05) is 30.1 Å². The van der Waals surface area contributed by atoms with Crippen LogP contribution in [0.3, 0.4) is 0 Å². The predicted molar refractivity (Wildman–Crippen MR) is 141 cm³/mol. The molecule has 3 rings (SSSR count). The Balaban J connectivity index is 0.000000268. The largest absolute Gasteiger partial charge is 0.321 e. The van der Waals surface area contributed by atoms with E-state index < -0.39 is 0 Å². The summed E-state index contributed by atoms with van der Waals surface area (Å²) in [6.07, 6.45) is 20.1. The van der Waals surface area contributed by atoms with Gasteiger partial charge in [0.05, 0.1) is 0 Å². The van der Waals surface area contributed by atoms with Crippen LogP contribution in [-0.4, -0.2) is 31.3 Å². The number of hydrazone groups is 1. The number of aliphatic imine (C=N–C) groups is 3. The molecule has 0 radical (unpaired) electrons. The number of hydrogen-bond donors (Lipinski definition) is 3. The predicted octanol–water partition coefficient (Wildman–Crippen LogP) is 4.83. The Kier molecular flexibility index (Phi) is 10.6. The molecule has 4 N–H and O–H groups in total. The van der Waals surface area contributed by atoms with Gasteiger partial charge in [-0.3, -0.25) is 15.4 Å². The van der Waals surface area contributed by atoms with Gasteiger partial charge in [-0.25, -0.2) is 4.99 Å². The molecule has 1 atom stereocenters. The number of amidine groups is 1. The zero-order valence-electron chi connectivity index (χ0n) is 19.2. The van der Waals surface area contributed by atoms with Crippen molar-refractivity contribution in [2.24, 2.45) is 31.7 Å². The highest BCUT2D eigenvalue weighted by atomic mass is 15.3. The van der Waals surface area contributed by atoms with E-state index in [1.54, 1.807) is 6.20 Å². The molecule has 1 fully saturated rings. The highest BCUT2D eigenvalue weighted by Gasteiger charge is 2.33. The fraction of sp³-hybridized carbons (Fsp3) is 0.269. The van der Waals surface area contributed by atoms with Crippen LogP contribution in [0.25, 0.3) is 0 Å². The van der Waals surface area contributed by atoms with Gasteiger partial charge in [0.25, 0.3) is 0 Å². The first-order chi connectivity index (χ1) is 16.0. The van der Waals surface area contributed by atoms with Crippen LogP contribution in [0.15, 0.2) is 93.2 Å². The molecule has 1 saturated carbocycles. The van der Waals surface area contributed by atoms with Crippen molar-refractivity contribution in [1.82, 2.24) is 5.43 Å². The van der Waals surface area contributed by atoms with Gasteiger partial charge in [-0.2, -0.15) is 5.10 Å². The van der Waals surface area contributed by atoms with Crippen LogP contribution in [0.1, 0.15) is 36.8 Å². The van der Waals surface area contributed by atoms with E-state index in [0.717, 1.165) is 25.5 Å². The Labute approximate surface area is 196 Å². The molecule has 7 heteroatoms. The lowest BCUT2D eigenvalue weighted by molar-refractivity contribution is 0.253. The summed E-state index contributed by atoms with van der Waals surface area (Å²) in [4.78, 5) is 11.4. The summed E-state index contributed by atoms with van der Waals surface area (Å²) in [7, 11) is 0. The second kappa shape index (κ2) is 13.6. The van der Waals surface area contributed by atoms with E-state index in [4.69, 9.17) is 11.1 Å². The fourth-order valence-electron chi connectivity index (χ4n) is 3.19. The molecule has 1 unspecified atom stereocenters.